The van der Waals surface area contributed by atoms with Gasteiger partial charge >= 0.3 is 0 Å². The van der Waals surface area contributed by atoms with Gasteiger partial charge in [-0.15, -0.1) is 0 Å². The number of benzene rings is 1. The Hall–Kier alpha value is -1.88. The number of hydrogen-bond acceptors (Lipinski definition) is 3. The highest BCUT2D eigenvalue weighted by molar-refractivity contribution is 5.94. The number of nitrogens with zero attached hydrogens (tertiary/aromatic N) is 1. The van der Waals surface area contributed by atoms with Crippen molar-refractivity contribution in [1.82, 2.24) is 10.2 Å². The van der Waals surface area contributed by atoms with Gasteiger partial charge in [0.05, 0.1) is 5.60 Å². The Morgan fingerprint density at radius 3 is 2.62 bits per heavy atom. The summed E-state index contributed by atoms with van der Waals surface area (Å²) in [4.78, 5) is 26.4. The van der Waals surface area contributed by atoms with Gasteiger partial charge in [0.15, 0.2) is 0 Å². The molecule has 1 saturated heterocycles. The quantitative estimate of drug-likeness (QED) is 0.785. The highest BCUT2D eigenvalue weighted by atomic mass is 16.3. The van der Waals surface area contributed by atoms with Crippen molar-refractivity contribution in [3.63, 3.8) is 0 Å². The summed E-state index contributed by atoms with van der Waals surface area (Å²) in [5.74, 6) is 0.661. The van der Waals surface area contributed by atoms with Crippen molar-refractivity contribution in [1.29, 1.82) is 0 Å². The third kappa shape index (κ3) is 6.79. The van der Waals surface area contributed by atoms with Crippen LogP contribution < -0.4 is 5.32 Å². The number of amides is 2. The molecule has 1 aliphatic heterocycles. The van der Waals surface area contributed by atoms with Crippen molar-refractivity contribution in [2.75, 3.05) is 19.6 Å². The molecule has 26 heavy (non-hydrogen) atoms. The van der Waals surface area contributed by atoms with E-state index in [1.807, 2.05) is 23.1 Å². The van der Waals surface area contributed by atoms with Crippen LogP contribution in [0.3, 0.4) is 0 Å². The molecule has 0 aromatic heterocycles. The molecule has 0 saturated carbocycles. The van der Waals surface area contributed by atoms with Crippen LogP contribution in [0.4, 0.5) is 0 Å². The lowest BCUT2D eigenvalue weighted by molar-refractivity contribution is -0.132. The Bertz CT molecular complexity index is 614. The standard InChI is InChI=1S/C21H32N2O3/c1-16-9-13-23(14-10-16)19(24)8-12-22-20(25)18-6-4-5-17(15-18)7-11-21(2,3)26/h4-6,15-16,26H,7-14H2,1-3H3,(H,22,25). The Balaban J connectivity index is 1.78. The summed E-state index contributed by atoms with van der Waals surface area (Å²) in [6, 6.07) is 7.45. The van der Waals surface area contributed by atoms with Crippen LogP contribution in [0.25, 0.3) is 0 Å². The molecule has 0 atom stereocenters. The minimum atomic E-state index is -0.717. The van der Waals surface area contributed by atoms with E-state index in [0.717, 1.165) is 37.9 Å². The Labute approximate surface area is 156 Å². The van der Waals surface area contributed by atoms with E-state index in [-0.39, 0.29) is 11.8 Å². The van der Waals surface area contributed by atoms with E-state index >= 15 is 0 Å². The first-order valence-electron chi connectivity index (χ1n) is 9.62. The summed E-state index contributed by atoms with van der Waals surface area (Å²) in [5, 5.41) is 12.7. The van der Waals surface area contributed by atoms with Gasteiger partial charge in [-0.2, -0.15) is 0 Å². The number of aliphatic hydroxyl groups is 1. The van der Waals surface area contributed by atoms with Gasteiger partial charge in [0.25, 0.3) is 5.91 Å². The molecule has 1 heterocycles. The summed E-state index contributed by atoms with van der Waals surface area (Å²) < 4.78 is 0. The van der Waals surface area contributed by atoms with E-state index in [2.05, 4.69) is 12.2 Å². The van der Waals surface area contributed by atoms with Crippen molar-refractivity contribution >= 4 is 11.8 Å². The largest absolute Gasteiger partial charge is 0.390 e. The van der Waals surface area contributed by atoms with Gasteiger partial charge < -0.3 is 15.3 Å². The Morgan fingerprint density at radius 2 is 1.96 bits per heavy atom. The molecule has 1 fully saturated rings. The molecule has 1 aromatic carbocycles. The average Bonchev–Trinajstić information content (AvgIpc) is 2.60. The zero-order chi connectivity index (χ0) is 19.2. The fourth-order valence-corrected chi connectivity index (χ4v) is 3.12. The molecule has 1 aromatic rings. The van der Waals surface area contributed by atoms with Crippen molar-refractivity contribution in [3.05, 3.63) is 35.4 Å². The van der Waals surface area contributed by atoms with Gasteiger partial charge in [0.2, 0.25) is 5.91 Å². The van der Waals surface area contributed by atoms with Crippen LogP contribution in [-0.4, -0.2) is 47.1 Å². The zero-order valence-electron chi connectivity index (χ0n) is 16.3. The van der Waals surface area contributed by atoms with Crippen LogP contribution in [0, 0.1) is 5.92 Å². The number of nitrogens with one attached hydrogen (secondary N) is 1. The lowest BCUT2D eigenvalue weighted by Gasteiger charge is -2.30. The van der Waals surface area contributed by atoms with Crippen molar-refractivity contribution in [3.8, 4) is 0 Å². The monoisotopic (exact) mass is 360 g/mol. The van der Waals surface area contributed by atoms with Crippen LogP contribution in [0.2, 0.25) is 0 Å². The predicted octanol–water partition coefficient (Wildman–Crippen LogP) is 2.77. The number of likely N-dealkylation sites (tertiary alicyclic amines) is 1. The van der Waals surface area contributed by atoms with Crippen molar-refractivity contribution in [2.24, 2.45) is 5.92 Å². The van der Waals surface area contributed by atoms with Gasteiger partial charge in [-0.25, -0.2) is 0 Å². The lowest BCUT2D eigenvalue weighted by atomic mass is 9.98. The van der Waals surface area contributed by atoms with E-state index < -0.39 is 5.60 Å². The second-order valence-corrected chi connectivity index (χ2v) is 8.08. The fourth-order valence-electron chi connectivity index (χ4n) is 3.12. The molecule has 0 bridgehead atoms. The van der Waals surface area contributed by atoms with Gasteiger partial charge in [0, 0.05) is 31.6 Å². The molecule has 144 valence electrons. The van der Waals surface area contributed by atoms with Crippen LogP contribution in [0.15, 0.2) is 24.3 Å². The van der Waals surface area contributed by atoms with Crippen molar-refractivity contribution in [2.45, 2.75) is 58.5 Å². The second-order valence-electron chi connectivity index (χ2n) is 8.08. The number of piperidine rings is 1. The minimum absolute atomic E-state index is 0.121. The molecule has 1 aliphatic rings. The summed E-state index contributed by atoms with van der Waals surface area (Å²) in [6.07, 6.45) is 3.83. The molecule has 0 unspecified atom stereocenters. The molecule has 2 N–H and O–H groups in total. The minimum Gasteiger partial charge on any atom is -0.390 e. The number of rotatable bonds is 7. The molecule has 2 amide bonds. The lowest BCUT2D eigenvalue weighted by Crippen LogP contribution is -2.39. The smallest absolute Gasteiger partial charge is 0.251 e. The molecular weight excluding hydrogens is 328 g/mol. The normalized spacial score (nSPS) is 15.8. The van der Waals surface area contributed by atoms with Crippen molar-refractivity contribution < 1.29 is 14.7 Å². The van der Waals surface area contributed by atoms with E-state index in [4.69, 9.17) is 0 Å². The molecule has 2 rings (SSSR count). The van der Waals surface area contributed by atoms with Crippen LogP contribution in [0.5, 0.6) is 0 Å². The second kappa shape index (κ2) is 9.17. The van der Waals surface area contributed by atoms with E-state index in [9.17, 15) is 14.7 Å². The predicted molar refractivity (Wildman–Crippen MR) is 103 cm³/mol. The first-order chi connectivity index (χ1) is 12.2. The maximum absolute atomic E-state index is 12.3. The van der Waals surface area contributed by atoms with Crippen LogP contribution in [0.1, 0.15) is 62.4 Å². The number of aryl methyl sites for hydroxylation is 1. The molecule has 0 spiro atoms. The van der Waals surface area contributed by atoms with E-state index in [1.54, 1.807) is 19.9 Å². The fraction of sp³-hybridized carbons (Fsp3) is 0.619. The van der Waals surface area contributed by atoms with E-state index in [0.29, 0.717) is 30.9 Å². The topological polar surface area (TPSA) is 69.6 Å². The third-order valence-corrected chi connectivity index (χ3v) is 4.98. The number of carbonyl (C=O) groups excluding carboxylic acids is 2. The number of carbonyl (C=O) groups is 2. The summed E-state index contributed by atoms with van der Waals surface area (Å²) >= 11 is 0. The summed E-state index contributed by atoms with van der Waals surface area (Å²) in [6.45, 7) is 7.80. The zero-order valence-corrected chi connectivity index (χ0v) is 16.3. The molecule has 0 radical (unpaired) electrons. The first kappa shape index (κ1) is 20.4. The van der Waals surface area contributed by atoms with Crippen LogP contribution in [-0.2, 0) is 11.2 Å². The summed E-state index contributed by atoms with van der Waals surface area (Å²) in [7, 11) is 0. The number of hydrogen-bond donors (Lipinski definition) is 2. The molecule has 5 heteroatoms. The van der Waals surface area contributed by atoms with E-state index in [1.165, 1.54) is 0 Å². The maximum Gasteiger partial charge on any atom is 0.251 e. The van der Waals surface area contributed by atoms with Gasteiger partial charge in [-0.3, -0.25) is 9.59 Å². The SMILES string of the molecule is CC1CCN(C(=O)CCNC(=O)c2cccc(CCC(C)(C)O)c2)CC1. The Morgan fingerprint density at radius 1 is 1.27 bits per heavy atom. The van der Waals surface area contributed by atoms with Gasteiger partial charge in [-0.05, 0) is 63.1 Å². The highest BCUT2D eigenvalue weighted by Crippen LogP contribution is 2.17. The molecule has 5 nitrogen and oxygen atoms in total. The molecular formula is C21H32N2O3. The first-order valence-corrected chi connectivity index (χ1v) is 9.62. The third-order valence-electron chi connectivity index (χ3n) is 4.98. The van der Waals surface area contributed by atoms with Gasteiger partial charge in [0.1, 0.15) is 0 Å². The summed E-state index contributed by atoms with van der Waals surface area (Å²) in [5.41, 5.74) is 0.904. The van der Waals surface area contributed by atoms with Crippen LogP contribution >= 0.6 is 0 Å². The van der Waals surface area contributed by atoms with Gasteiger partial charge in [-0.1, -0.05) is 19.1 Å². The molecule has 0 aliphatic carbocycles. The maximum atomic E-state index is 12.3. The average molecular weight is 360 g/mol. The highest BCUT2D eigenvalue weighted by Gasteiger charge is 2.20. The Kier molecular flexibility index (Phi) is 7.21.